The van der Waals surface area contributed by atoms with Crippen molar-refractivity contribution in [3.63, 3.8) is 0 Å². The molecule has 2 nitrogen and oxygen atoms in total. The lowest BCUT2D eigenvalue weighted by Gasteiger charge is -2.15. The van der Waals surface area contributed by atoms with E-state index in [1.54, 1.807) is 12.2 Å². The largest absolute Gasteiger partial charge is 0.277 e. The summed E-state index contributed by atoms with van der Waals surface area (Å²) in [6.45, 7) is 1.83. The molecule has 0 aliphatic carbocycles. The Balaban J connectivity index is 2.40. The van der Waals surface area contributed by atoms with E-state index in [1.807, 2.05) is 31.0 Å². The minimum atomic E-state index is 1.62. The van der Waals surface area contributed by atoms with Crippen LogP contribution in [0.15, 0.2) is 24.4 Å². The van der Waals surface area contributed by atoms with E-state index in [4.69, 9.17) is 4.84 Å². The quantitative estimate of drug-likeness (QED) is 0.501. The van der Waals surface area contributed by atoms with Gasteiger partial charge in [-0.3, -0.25) is 9.90 Å². The summed E-state index contributed by atoms with van der Waals surface area (Å²) in [5.41, 5.74) is 0. The summed E-state index contributed by atoms with van der Waals surface area (Å²) < 4.78 is 0. The van der Waals surface area contributed by atoms with Crippen molar-refractivity contribution in [3.8, 4) is 0 Å². The van der Waals surface area contributed by atoms with Crippen LogP contribution in [-0.4, -0.2) is 12.2 Å². The second-order valence-electron chi connectivity index (χ2n) is 1.42. The first-order chi connectivity index (χ1) is 3.93. The van der Waals surface area contributed by atoms with Gasteiger partial charge in [0, 0.05) is 6.20 Å². The number of hydroxylamine groups is 2. The molecule has 1 aliphatic heterocycles. The molecule has 0 spiro atoms. The number of nitrogens with zero attached hydrogens (tertiary/aromatic N) is 1. The maximum Gasteiger partial charge on any atom is 0.101 e. The number of hydrogen-bond acceptors (Lipinski definition) is 2. The monoisotopic (exact) mass is 110 g/mol. The highest BCUT2D eigenvalue weighted by atomic mass is 16.7. The third-order valence-corrected chi connectivity index (χ3v) is 0.899. The molecule has 1 heterocycles. The van der Waals surface area contributed by atoms with Crippen LogP contribution in [0.5, 0.6) is 0 Å². The molecule has 0 aromatic carbocycles. The zero-order valence-corrected chi connectivity index (χ0v) is 4.74. The van der Waals surface area contributed by atoms with Crippen LogP contribution in [-0.2, 0) is 4.84 Å². The van der Waals surface area contributed by atoms with Crippen molar-refractivity contribution in [2.24, 2.45) is 0 Å². The fourth-order valence-electron chi connectivity index (χ4n) is 0.505. The lowest BCUT2D eigenvalue weighted by atomic mass is 10.4. The van der Waals surface area contributed by atoms with E-state index in [9.17, 15) is 0 Å². The van der Waals surface area contributed by atoms with Crippen LogP contribution in [0.4, 0.5) is 0 Å². The van der Waals surface area contributed by atoms with Crippen molar-refractivity contribution in [3.05, 3.63) is 31.0 Å². The molecule has 1 aliphatic rings. The molecular formula is C6H8NO. The summed E-state index contributed by atoms with van der Waals surface area (Å²) in [5.74, 6) is 0. The first kappa shape index (κ1) is 5.38. The minimum absolute atomic E-state index is 1.62. The third kappa shape index (κ3) is 1.10. The van der Waals surface area contributed by atoms with Gasteiger partial charge in [-0.25, -0.2) is 0 Å². The maximum absolute atomic E-state index is 4.83. The van der Waals surface area contributed by atoms with E-state index in [0.29, 0.717) is 0 Å². The Morgan fingerprint density at radius 2 is 2.12 bits per heavy atom. The lowest BCUT2D eigenvalue weighted by molar-refractivity contribution is -0.0575. The Hall–Kier alpha value is -0.760. The Morgan fingerprint density at radius 1 is 1.25 bits per heavy atom. The molecule has 0 aromatic heterocycles. The highest BCUT2D eigenvalue weighted by Crippen LogP contribution is 2.00. The minimum Gasteiger partial charge on any atom is -0.277 e. The molecule has 2 heteroatoms. The second kappa shape index (κ2) is 2.52. The molecule has 0 saturated heterocycles. The first-order valence-electron chi connectivity index (χ1n) is 2.44. The molecule has 1 rings (SSSR count). The summed E-state index contributed by atoms with van der Waals surface area (Å²) >= 11 is 0. The van der Waals surface area contributed by atoms with E-state index >= 15 is 0 Å². The van der Waals surface area contributed by atoms with Crippen LogP contribution in [0, 0.1) is 6.54 Å². The molecule has 0 aromatic rings. The highest BCUT2D eigenvalue weighted by molar-refractivity contribution is 5.11. The lowest BCUT2D eigenvalue weighted by Crippen LogP contribution is -2.11. The smallest absolute Gasteiger partial charge is 0.101 e. The normalized spacial score (nSPS) is 17.4. The molecule has 0 amide bonds. The molecule has 43 valence electrons. The fourth-order valence-corrected chi connectivity index (χ4v) is 0.505. The van der Waals surface area contributed by atoms with E-state index in [2.05, 4.69) is 0 Å². The maximum atomic E-state index is 4.83. The number of rotatable bonds is 1. The Kier molecular flexibility index (Phi) is 1.70. The molecule has 0 unspecified atom stereocenters. The van der Waals surface area contributed by atoms with Crippen molar-refractivity contribution in [1.82, 2.24) is 5.06 Å². The van der Waals surface area contributed by atoms with Gasteiger partial charge in [-0.05, 0) is 6.08 Å². The SMILES string of the molecule is CON1[CH]C=CC=C1. The standard InChI is InChI=1S/C6H8NO/c1-8-7-5-3-2-4-6-7/h2-6H,1H3. The predicted molar refractivity (Wildman–Crippen MR) is 31.4 cm³/mol. The van der Waals surface area contributed by atoms with Crippen LogP contribution < -0.4 is 0 Å². The van der Waals surface area contributed by atoms with Crippen LogP contribution in [0.3, 0.4) is 0 Å². The summed E-state index contributed by atoms with van der Waals surface area (Å²) in [6, 6.07) is 0. The first-order valence-corrected chi connectivity index (χ1v) is 2.44. The zero-order valence-electron chi connectivity index (χ0n) is 4.74. The van der Waals surface area contributed by atoms with Crippen LogP contribution in [0.25, 0.3) is 0 Å². The molecule has 0 N–H and O–H groups in total. The van der Waals surface area contributed by atoms with Gasteiger partial charge >= 0.3 is 0 Å². The van der Waals surface area contributed by atoms with Gasteiger partial charge in [0.2, 0.25) is 0 Å². The highest BCUT2D eigenvalue weighted by Gasteiger charge is 1.93. The van der Waals surface area contributed by atoms with Gasteiger partial charge in [0.15, 0.2) is 0 Å². The zero-order chi connectivity index (χ0) is 5.82. The van der Waals surface area contributed by atoms with Gasteiger partial charge in [0.05, 0.1) is 7.11 Å². The summed E-state index contributed by atoms with van der Waals surface area (Å²) in [6.07, 6.45) is 7.59. The molecule has 1 radical (unpaired) electrons. The van der Waals surface area contributed by atoms with Gasteiger partial charge < -0.3 is 0 Å². The summed E-state index contributed by atoms with van der Waals surface area (Å²) in [5, 5.41) is 1.62. The van der Waals surface area contributed by atoms with E-state index in [0.717, 1.165) is 0 Å². The predicted octanol–water partition coefficient (Wildman–Crippen LogP) is 1.10. The van der Waals surface area contributed by atoms with Gasteiger partial charge in [-0.1, -0.05) is 12.2 Å². The molecule has 0 bridgehead atoms. The topological polar surface area (TPSA) is 12.5 Å². The second-order valence-corrected chi connectivity index (χ2v) is 1.42. The van der Waals surface area contributed by atoms with E-state index < -0.39 is 0 Å². The molecular weight excluding hydrogens is 102 g/mol. The van der Waals surface area contributed by atoms with Crippen molar-refractivity contribution < 1.29 is 4.84 Å². The molecule has 0 fully saturated rings. The van der Waals surface area contributed by atoms with Gasteiger partial charge in [-0.15, -0.1) is 0 Å². The Morgan fingerprint density at radius 3 is 2.50 bits per heavy atom. The van der Waals surface area contributed by atoms with Crippen LogP contribution >= 0.6 is 0 Å². The fraction of sp³-hybridized carbons (Fsp3) is 0.167. The Bertz CT molecular complexity index is 118. The average Bonchev–Trinajstić information content (AvgIpc) is 1.90. The van der Waals surface area contributed by atoms with E-state index in [1.165, 1.54) is 0 Å². The van der Waals surface area contributed by atoms with Gasteiger partial charge in [-0.2, -0.15) is 0 Å². The van der Waals surface area contributed by atoms with E-state index in [-0.39, 0.29) is 0 Å². The number of hydrogen-bond donors (Lipinski definition) is 0. The molecule has 0 saturated carbocycles. The molecule has 8 heavy (non-hydrogen) atoms. The van der Waals surface area contributed by atoms with Gasteiger partial charge in [0.1, 0.15) is 6.54 Å². The molecule has 0 atom stereocenters. The van der Waals surface area contributed by atoms with Crippen molar-refractivity contribution in [2.45, 2.75) is 0 Å². The van der Waals surface area contributed by atoms with Crippen molar-refractivity contribution >= 4 is 0 Å². The van der Waals surface area contributed by atoms with Gasteiger partial charge in [0.25, 0.3) is 0 Å². The van der Waals surface area contributed by atoms with Crippen molar-refractivity contribution in [2.75, 3.05) is 7.11 Å². The summed E-state index contributed by atoms with van der Waals surface area (Å²) in [4.78, 5) is 4.83. The van der Waals surface area contributed by atoms with Crippen molar-refractivity contribution in [1.29, 1.82) is 0 Å². The number of allylic oxidation sites excluding steroid dienone is 2. The van der Waals surface area contributed by atoms with Crippen LogP contribution in [0.1, 0.15) is 0 Å². The third-order valence-electron chi connectivity index (χ3n) is 0.899. The summed E-state index contributed by atoms with van der Waals surface area (Å²) in [7, 11) is 1.62. The van der Waals surface area contributed by atoms with Crippen LogP contribution in [0.2, 0.25) is 0 Å². The Labute approximate surface area is 49.0 Å². The average molecular weight is 110 g/mol.